The van der Waals surface area contributed by atoms with Crippen LogP contribution in [0.3, 0.4) is 0 Å². The predicted molar refractivity (Wildman–Crippen MR) is 65.8 cm³/mol. The van der Waals surface area contributed by atoms with E-state index in [0.717, 1.165) is 0 Å². The van der Waals surface area contributed by atoms with E-state index in [1.807, 2.05) is 6.07 Å². The van der Waals surface area contributed by atoms with E-state index in [-0.39, 0.29) is 18.8 Å². The predicted octanol–water partition coefficient (Wildman–Crippen LogP) is 2.26. The minimum atomic E-state index is -0.453. The number of alkyl halides is 1. The lowest BCUT2D eigenvalue weighted by Crippen LogP contribution is -2.09. The van der Waals surface area contributed by atoms with Gasteiger partial charge in [0, 0.05) is 16.5 Å². The van der Waals surface area contributed by atoms with Crippen molar-refractivity contribution in [3.63, 3.8) is 0 Å². The van der Waals surface area contributed by atoms with Crippen molar-refractivity contribution < 1.29 is 14.6 Å². The fourth-order valence-electron chi connectivity index (χ4n) is 1.43. The number of nitriles is 1. The van der Waals surface area contributed by atoms with E-state index in [0.29, 0.717) is 22.0 Å². The number of hydrogen-bond donors (Lipinski definition) is 1. The number of carbonyl (C=O) groups is 1. The molecule has 0 aliphatic rings. The van der Waals surface area contributed by atoms with Crippen LogP contribution in [0.15, 0.2) is 12.1 Å². The summed E-state index contributed by atoms with van der Waals surface area (Å²) in [6.07, 6.45) is -0.0938. The van der Waals surface area contributed by atoms with Crippen LogP contribution >= 0.6 is 15.9 Å². The summed E-state index contributed by atoms with van der Waals surface area (Å²) in [5.41, 5.74) is 1.26. The van der Waals surface area contributed by atoms with Gasteiger partial charge in [-0.05, 0) is 13.0 Å². The Balaban J connectivity index is 3.11. The molecule has 4 nitrogen and oxygen atoms in total. The van der Waals surface area contributed by atoms with Gasteiger partial charge < -0.3 is 9.84 Å². The Morgan fingerprint density at radius 1 is 1.59 bits per heavy atom. The van der Waals surface area contributed by atoms with Crippen LogP contribution in [-0.4, -0.2) is 17.7 Å². The maximum atomic E-state index is 11.4. The molecule has 5 heteroatoms. The Hall–Kier alpha value is -1.54. The second-order valence-electron chi connectivity index (χ2n) is 3.33. The number of phenolic OH excluding ortho intramolecular Hbond substituents is 1. The van der Waals surface area contributed by atoms with Gasteiger partial charge in [-0.25, -0.2) is 0 Å². The highest BCUT2D eigenvalue weighted by atomic mass is 79.9. The van der Waals surface area contributed by atoms with Crippen molar-refractivity contribution in [3.05, 3.63) is 28.8 Å². The fraction of sp³-hybridized carbons (Fsp3) is 0.333. The van der Waals surface area contributed by atoms with Gasteiger partial charge in [-0.1, -0.05) is 22.0 Å². The Morgan fingerprint density at radius 2 is 2.29 bits per heavy atom. The smallest absolute Gasteiger partial charge is 0.310 e. The van der Waals surface area contributed by atoms with E-state index >= 15 is 0 Å². The maximum Gasteiger partial charge on any atom is 0.310 e. The van der Waals surface area contributed by atoms with Crippen LogP contribution in [0.2, 0.25) is 0 Å². The third kappa shape index (κ3) is 3.21. The van der Waals surface area contributed by atoms with Crippen molar-refractivity contribution in [2.45, 2.75) is 18.7 Å². The standard InChI is InChI=1S/C12H12BrNO3/c1-2-17-11(15)5-10-9(7-14)4-3-8(6-13)12(10)16/h3-4,16H,2,5-6H2,1H3. The number of hydrogen-bond acceptors (Lipinski definition) is 4. The van der Waals surface area contributed by atoms with Crippen LogP contribution in [0.25, 0.3) is 0 Å². The molecule has 1 rings (SSSR count). The molecular formula is C12H12BrNO3. The van der Waals surface area contributed by atoms with Gasteiger partial charge >= 0.3 is 5.97 Å². The van der Waals surface area contributed by atoms with E-state index < -0.39 is 5.97 Å². The van der Waals surface area contributed by atoms with E-state index in [9.17, 15) is 9.90 Å². The van der Waals surface area contributed by atoms with Crippen LogP contribution in [0.1, 0.15) is 23.6 Å². The van der Waals surface area contributed by atoms with Crippen LogP contribution in [0.4, 0.5) is 0 Å². The van der Waals surface area contributed by atoms with Gasteiger partial charge in [0.2, 0.25) is 0 Å². The van der Waals surface area contributed by atoms with Crippen molar-refractivity contribution in [2.24, 2.45) is 0 Å². The van der Waals surface area contributed by atoms with E-state index in [1.165, 1.54) is 0 Å². The molecule has 0 heterocycles. The molecular weight excluding hydrogens is 286 g/mol. The third-order valence-electron chi connectivity index (χ3n) is 2.26. The summed E-state index contributed by atoms with van der Waals surface area (Å²) in [7, 11) is 0. The monoisotopic (exact) mass is 297 g/mol. The molecule has 1 N–H and O–H groups in total. The molecule has 0 amide bonds. The first-order valence-electron chi connectivity index (χ1n) is 5.09. The molecule has 17 heavy (non-hydrogen) atoms. The van der Waals surface area contributed by atoms with Crippen LogP contribution in [-0.2, 0) is 21.3 Å². The van der Waals surface area contributed by atoms with Gasteiger partial charge in [0.25, 0.3) is 0 Å². The summed E-state index contributed by atoms with van der Waals surface area (Å²) in [6.45, 7) is 1.98. The molecule has 0 bridgehead atoms. The lowest BCUT2D eigenvalue weighted by Gasteiger charge is -2.09. The second kappa shape index (κ2) is 6.26. The van der Waals surface area contributed by atoms with Crippen LogP contribution in [0, 0.1) is 11.3 Å². The Bertz CT molecular complexity index is 466. The van der Waals surface area contributed by atoms with Crippen molar-refractivity contribution >= 4 is 21.9 Å². The first kappa shape index (κ1) is 13.5. The van der Waals surface area contributed by atoms with Crippen molar-refractivity contribution in [1.29, 1.82) is 5.26 Å². The zero-order valence-corrected chi connectivity index (χ0v) is 11.0. The molecule has 0 radical (unpaired) electrons. The first-order chi connectivity index (χ1) is 8.13. The summed E-state index contributed by atoms with van der Waals surface area (Å²) in [4.78, 5) is 11.4. The minimum absolute atomic E-state index is 0.0195. The van der Waals surface area contributed by atoms with Crippen LogP contribution in [0.5, 0.6) is 5.75 Å². The first-order valence-corrected chi connectivity index (χ1v) is 6.21. The molecule has 0 aliphatic carbocycles. The number of rotatable bonds is 4. The lowest BCUT2D eigenvalue weighted by atomic mass is 10.0. The number of ether oxygens (including phenoxy) is 1. The molecule has 0 atom stereocenters. The van der Waals surface area contributed by atoms with Gasteiger partial charge in [-0.3, -0.25) is 4.79 Å². The molecule has 0 unspecified atom stereocenters. The zero-order valence-electron chi connectivity index (χ0n) is 9.36. The largest absolute Gasteiger partial charge is 0.507 e. The quantitative estimate of drug-likeness (QED) is 0.684. The molecule has 0 aromatic heterocycles. The number of aromatic hydroxyl groups is 1. The second-order valence-corrected chi connectivity index (χ2v) is 3.89. The van der Waals surface area contributed by atoms with Gasteiger partial charge in [0.05, 0.1) is 24.7 Å². The summed E-state index contributed by atoms with van der Waals surface area (Å²) in [5, 5.41) is 19.3. The van der Waals surface area contributed by atoms with Gasteiger partial charge in [-0.15, -0.1) is 0 Å². The number of phenols is 1. The third-order valence-corrected chi connectivity index (χ3v) is 2.86. The maximum absolute atomic E-state index is 11.4. The Morgan fingerprint density at radius 3 is 2.82 bits per heavy atom. The fourth-order valence-corrected chi connectivity index (χ4v) is 1.89. The van der Waals surface area contributed by atoms with Crippen LogP contribution < -0.4 is 0 Å². The summed E-state index contributed by atoms with van der Waals surface area (Å²) in [6, 6.07) is 5.19. The topological polar surface area (TPSA) is 70.3 Å². The number of halogens is 1. The SMILES string of the molecule is CCOC(=O)Cc1c(C#N)ccc(CBr)c1O. The summed E-state index contributed by atoms with van der Waals surface area (Å²) >= 11 is 3.23. The number of carbonyl (C=O) groups excluding carboxylic acids is 1. The van der Waals surface area contributed by atoms with Crippen molar-refractivity contribution in [3.8, 4) is 11.8 Å². The average Bonchev–Trinajstić information content (AvgIpc) is 2.32. The summed E-state index contributed by atoms with van der Waals surface area (Å²) < 4.78 is 4.80. The minimum Gasteiger partial charge on any atom is -0.507 e. The molecule has 0 aliphatic heterocycles. The molecule has 1 aromatic rings. The average molecular weight is 298 g/mol. The Labute approximate surface area is 108 Å². The van der Waals surface area contributed by atoms with Crippen molar-refractivity contribution in [2.75, 3.05) is 6.61 Å². The molecule has 90 valence electrons. The zero-order chi connectivity index (χ0) is 12.8. The molecule has 0 saturated heterocycles. The number of benzene rings is 1. The molecule has 1 aromatic carbocycles. The molecule has 0 fully saturated rings. The number of nitrogens with zero attached hydrogens (tertiary/aromatic N) is 1. The lowest BCUT2D eigenvalue weighted by molar-refractivity contribution is -0.142. The molecule has 0 spiro atoms. The van der Waals surface area contributed by atoms with E-state index in [2.05, 4.69) is 15.9 Å². The Kier molecular flexibility index (Phi) is 4.98. The highest BCUT2D eigenvalue weighted by Crippen LogP contribution is 2.28. The van der Waals surface area contributed by atoms with Gasteiger partial charge in [0.1, 0.15) is 5.75 Å². The number of esters is 1. The van der Waals surface area contributed by atoms with Gasteiger partial charge in [-0.2, -0.15) is 5.26 Å². The van der Waals surface area contributed by atoms with Crippen molar-refractivity contribution in [1.82, 2.24) is 0 Å². The highest BCUT2D eigenvalue weighted by molar-refractivity contribution is 9.08. The molecule has 0 saturated carbocycles. The van der Waals surface area contributed by atoms with Gasteiger partial charge in [0.15, 0.2) is 0 Å². The normalized spacial score (nSPS) is 9.71. The highest BCUT2D eigenvalue weighted by Gasteiger charge is 2.16. The summed E-state index contributed by atoms with van der Waals surface area (Å²) in [5.74, 6) is -0.472. The van der Waals surface area contributed by atoms with E-state index in [4.69, 9.17) is 10.00 Å². The van der Waals surface area contributed by atoms with E-state index in [1.54, 1.807) is 19.1 Å².